The first-order valence-electron chi connectivity index (χ1n) is 5.83. The molecule has 90 valence electrons. The van der Waals surface area contributed by atoms with Crippen LogP contribution in [0.2, 0.25) is 0 Å². The van der Waals surface area contributed by atoms with Crippen LogP contribution in [0, 0.1) is 5.92 Å². The van der Waals surface area contributed by atoms with E-state index in [9.17, 15) is 4.79 Å². The number of hydrogen-bond acceptors (Lipinski definition) is 2. The summed E-state index contributed by atoms with van der Waals surface area (Å²) in [5.41, 5.74) is 1.81. The van der Waals surface area contributed by atoms with Crippen molar-refractivity contribution in [2.24, 2.45) is 5.92 Å². The van der Waals surface area contributed by atoms with Gasteiger partial charge >= 0.3 is 0 Å². The molecule has 0 aliphatic carbocycles. The van der Waals surface area contributed by atoms with Crippen LogP contribution in [-0.2, 0) is 6.54 Å². The number of aliphatic hydroxyl groups excluding tert-OH is 1. The highest BCUT2D eigenvalue weighted by atomic mass is 16.3. The van der Waals surface area contributed by atoms with Crippen molar-refractivity contribution in [2.45, 2.75) is 20.4 Å². The van der Waals surface area contributed by atoms with E-state index < -0.39 is 0 Å². The predicted molar refractivity (Wildman–Crippen MR) is 68.2 cm³/mol. The molecular formula is C14H17NO2. The highest BCUT2D eigenvalue weighted by Gasteiger charge is 2.12. The van der Waals surface area contributed by atoms with Gasteiger partial charge in [-0.05, 0) is 18.9 Å². The largest absolute Gasteiger partial charge is 0.396 e. The van der Waals surface area contributed by atoms with Gasteiger partial charge in [0.05, 0.1) is 0 Å². The highest BCUT2D eigenvalue weighted by molar-refractivity contribution is 6.06. The maximum atomic E-state index is 11.6. The zero-order valence-electron chi connectivity index (χ0n) is 10.2. The van der Waals surface area contributed by atoms with Gasteiger partial charge in [-0.1, -0.05) is 25.1 Å². The molecule has 1 N–H and O–H groups in total. The third kappa shape index (κ3) is 2.24. The summed E-state index contributed by atoms with van der Waals surface area (Å²) in [6.45, 7) is 4.45. The zero-order valence-corrected chi connectivity index (χ0v) is 10.2. The lowest BCUT2D eigenvalue weighted by Gasteiger charge is -2.10. The Morgan fingerprint density at radius 2 is 2.12 bits per heavy atom. The van der Waals surface area contributed by atoms with Gasteiger partial charge in [-0.2, -0.15) is 0 Å². The minimum Gasteiger partial charge on any atom is -0.396 e. The molecule has 0 saturated heterocycles. The van der Waals surface area contributed by atoms with Gasteiger partial charge in [0.15, 0.2) is 5.78 Å². The molecule has 2 rings (SSSR count). The molecule has 3 heteroatoms. The third-order valence-electron chi connectivity index (χ3n) is 2.99. The van der Waals surface area contributed by atoms with Crippen LogP contribution in [0.25, 0.3) is 10.9 Å². The smallest absolute Gasteiger partial charge is 0.161 e. The second-order valence-corrected chi connectivity index (χ2v) is 4.56. The van der Waals surface area contributed by atoms with Crippen molar-refractivity contribution in [2.75, 3.05) is 6.61 Å². The number of nitrogens with zero attached hydrogens (tertiary/aromatic N) is 1. The lowest BCUT2D eigenvalue weighted by molar-refractivity contribution is 0.101. The van der Waals surface area contributed by atoms with E-state index in [0.29, 0.717) is 0 Å². The Balaban J connectivity index is 2.52. The standard InChI is InChI=1S/C14H17NO2/c1-10(9-16)7-15-8-13(11(2)17)12-5-3-4-6-14(12)15/h3-6,8,10,16H,7,9H2,1-2H3/t10-/m1/s1. The van der Waals surface area contributed by atoms with E-state index in [0.717, 1.165) is 23.0 Å². The molecule has 2 aromatic rings. The van der Waals surface area contributed by atoms with Crippen molar-refractivity contribution in [1.82, 2.24) is 4.57 Å². The molecule has 1 heterocycles. The van der Waals surface area contributed by atoms with Crippen LogP contribution < -0.4 is 0 Å². The second kappa shape index (κ2) is 4.72. The fourth-order valence-corrected chi connectivity index (χ4v) is 2.07. The molecule has 0 unspecified atom stereocenters. The molecule has 3 nitrogen and oxygen atoms in total. The van der Waals surface area contributed by atoms with Crippen molar-refractivity contribution >= 4 is 16.7 Å². The summed E-state index contributed by atoms with van der Waals surface area (Å²) in [6.07, 6.45) is 1.89. The molecule has 17 heavy (non-hydrogen) atoms. The molecule has 0 aliphatic heterocycles. The van der Waals surface area contributed by atoms with Gasteiger partial charge in [0.1, 0.15) is 0 Å². The second-order valence-electron chi connectivity index (χ2n) is 4.56. The molecule has 0 bridgehead atoms. The van der Waals surface area contributed by atoms with E-state index >= 15 is 0 Å². The Morgan fingerprint density at radius 1 is 1.41 bits per heavy atom. The lowest BCUT2D eigenvalue weighted by atomic mass is 10.1. The Bertz CT molecular complexity index is 542. The molecule has 1 aromatic carbocycles. The van der Waals surface area contributed by atoms with Crippen molar-refractivity contribution in [3.63, 3.8) is 0 Å². The summed E-state index contributed by atoms with van der Waals surface area (Å²) in [5, 5.41) is 10.1. The van der Waals surface area contributed by atoms with Gasteiger partial charge < -0.3 is 9.67 Å². The van der Waals surface area contributed by atoms with Crippen LogP contribution in [0.4, 0.5) is 0 Å². The van der Waals surface area contributed by atoms with Gasteiger partial charge in [-0.15, -0.1) is 0 Å². The highest BCUT2D eigenvalue weighted by Crippen LogP contribution is 2.22. The molecule has 1 aromatic heterocycles. The number of aromatic nitrogens is 1. The molecular weight excluding hydrogens is 214 g/mol. The minimum absolute atomic E-state index is 0.0802. The van der Waals surface area contributed by atoms with Gasteiger partial charge in [0.2, 0.25) is 0 Å². The molecule has 0 amide bonds. The lowest BCUT2D eigenvalue weighted by Crippen LogP contribution is -2.10. The number of benzene rings is 1. The fourth-order valence-electron chi connectivity index (χ4n) is 2.07. The van der Waals surface area contributed by atoms with E-state index in [1.807, 2.05) is 42.0 Å². The first-order valence-corrected chi connectivity index (χ1v) is 5.83. The van der Waals surface area contributed by atoms with Gasteiger partial charge in [0.25, 0.3) is 0 Å². The summed E-state index contributed by atoms with van der Waals surface area (Å²) >= 11 is 0. The average Bonchev–Trinajstić information content (AvgIpc) is 2.68. The summed E-state index contributed by atoms with van der Waals surface area (Å²) in [6, 6.07) is 7.87. The van der Waals surface area contributed by atoms with Crippen molar-refractivity contribution in [3.05, 3.63) is 36.0 Å². The first kappa shape index (κ1) is 11.9. The number of rotatable bonds is 4. The number of aliphatic hydroxyl groups is 1. The van der Waals surface area contributed by atoms with Crippen LogP contribution in [0.5, 0.6) is 0 Å². The van der Waals surface area contributed by atoms with E-state index in [1.165, 1.54) is 0 Å². The molecule has 1 atom stereocenters. The van der Waals surface area contributed by atoms with Crippen LogP contribution in [0.3, 0.4) is 0 Å². The topological polar surface area (TPSA) is 42.2 Å². The Kier molecular flexibility index (Phi) is 3.29. The maximum absolute atomic E-state index is 11.6. The first-order chi connectivity index (χ1) is 8.13. The van der Waals surface area contributed by atoms with E-state index in [2.05, 4.69) is 0 Å². The maximum Gasteiger partial charge on any atom is 0.161 e. The Morgan fingerprint density at radius 3 is 2.76 bits per heavy atom. The number of carbonyl (C=O) groups excluding carboxylic acids is 1. The number of ketones is 1. The van der Waals surface area contributed by atoms with Crippen LogP contribution >= 0.6 is 0 Å². The molecule has 0 aliphatic rings. The molecule has 0 radical (unpaired) electrons. The van der Waals surface area contributed by atoms with Crippen LogP contribution in [0.1, 0.15) is 24.2 Å². The number of Topliss-reactive ketones (excluding diaryl/α,β-unsaturated/α-hetero) is 1. The predicted octanol–water partition coefficient (Wildman–Crippen LogP) is 2.47. The van der Waals surface area contributed by atoms with Crippen molar-refractivity contribution in [1.29, 1.82) is 0 Å². The monoisotopic (exact) mass is 231 g/mol. The van der Waals surface area contributed by atoms with Gasteiger partial charge in [-0.25, -0.2) is 0 Å². The molecule has 0 spiro atoms. The van der Waals surface area contributed by atoms with E-state index in [4.69, 9.17) is 5.11 Å². The van der Waals surface area contributed by atoms with Gasteiger partial charge in [0, 0.05) is 35.8 Å². The van der Waals surface area contributed by atoms with E-state index in [1.54, 1.807) is 6.92 Å². The summed E-state index contributed by atoms with van der Waals surface area (Å²) in [7, 11) is 0. The normalized spacial score (nSPS) is 12.9. The summed E-state index contributed by atoms with van der Waals surface area (Å²) in [5.74, 6) is 0.266. The quantitative estimate of drug-likeness (QED) is 0.821. The van der Waals surface area contributed by atoms with E-state index in [-0.39, 0.29) is 18.3 Å². The summed E-state index contributed by atoms with van der Waals surface area (Å²) in [4.78, 5) is 11.6. The number of fused-ring (bicyclic) bond motifs is 1. The van der Waals surface area contributed by atoms with Crippen molar-refractivity contribution < 1.29 is 9.90 Å². The number of para-hydroxylation sites is 1. The summed E-state index contributed by atoms with van der Waals surface area (Å²) < 4.78 is 2.05. The Labute approximate surface area is 101 Å². The SMILES string of the molecule is CC(=O)c1cn(C[C@@H](C)CO)c2ccccc12. The average molecular weight is 231 g/mol. The number of carbonyl (C=O) groups is 1. The minimum atomic E-state index is 0.0802. The molecule has 0 fully saturated rings. The zero-order chi connectivity index (χ0) is 12.4. The number of hydrogen-bond donors (Lipinski definition) is 1. The van der Waals surface area contributed by atoms with Gasteiger partial charge in [-0.3, -0.25) is 4.79 Å². The van der Waals surface area contributed by atoms with Crippen LogP contribution in [-0.4, -0.2) is 22.1 Å². The molecule has 0 saturated carbocycles. The Hall–Kier alpha value is -1.61. The van der Waals surface area contributed by atoms with Crippen molar-refractivity contribution in [3.8, 4) is 0 Å². The third-order valence-corrected chi connectivity index (χ3v) is 2.99. The van der Waals surface area contributed by atoms with Crippen LogP contribution in [0.15, 0.2) is 30.5 Å². The fraction of sp³-hybridized carbons (Fsp3) is 0.357.